The van der Waals surface area contributed by atoms with Crippen molar-refractivity contribution in [2.75, 3.05) is 18.1 Å². The number of benzene rings is 3. The summed E-state index contributed by atoms with van der Waals surface area (Å²) in [4.78, 5) is 33.2. The summed E-state index contributed by atoms with van der Waals surface area (Å²) >= 11 is 1.31. The molecule has 0 aliphatic carbocycles. The Balaban J connectivity index is 1.63. The Morgan fingerprint density at radius 1 is 0.975 bits per heavy atom. The number of fused-ring (bicyclic) bond motifs is 1. The minimum atomic E-state index is -0.843. The van der Waals surface area contributed by atoms with Gasteiger partial charge in [-0.25, -0.2) is 4.98 Å². The number of rotatable bonds is 9. The SMILES string of the molecule is CCCOc1ccc(/C(O)=C2\C(=O)C(=O)N(c3nc4ccc(OCC)cc4s3)C2c2ccc(C(C)C)cc2)cc1. The molecule has 1 unspecified atom stereocenters. The maximum Gasteiger partial charge on any atom is 0.301 e. The van der Waals surface area contributed by atoms with E-state index in [1.165, 1.54) is 16.2 Å². The van der Waals surface area contributed by atoms with Gasteiger partial charge < -0.3 is 14.6 Å². The summed E-state index contributed by atoms with van der Waals surface area (Å²) in [6, 6.07) is 19.4. The second-order valence-electron chi connectivity index (χ2n) is 9.92. The molecule has 1 fully saturated rings. The largest absolute Gasteiger partial charge is 0.507 e. The smallest absolute Gasteiger partial charge is 0.301 e. The molecule has 7 nitrogen and oxygen atoms in total. The van der Waals surface area contributed by atoms with Crippen molar-refractivity contribution in [3.05, 3.63) is 89.0 Å². The van der Waals surface area contributed by atoms with Gasteiger partial charge in [-0.3, -0.25) is 14.5 Å². The highest BCUT2D eigenvalue weighted by Crippen LogP contribution is 2.45. The summed E-state index contributed by atoms with van der Waals surface area (Å²) in [5, 5.41) is 11.8. The molecule has 40 heavy (non-hydrogen) atoms. The molecule has 206 valence electrons. The van der Waals surface area contributed by atoms with Gasteiger partial charge in [-0.2, -0.15) is 0 Å². The Morgan fingerprint density at radius 2 is 1.68 bits per heavy atom. The van der Waals surface area contributed by atoms with Crippen LogP contribution in [0.1, 0.15) is 62.8 Å². The van der Waals surface area contributed by atoms with Crippen LogP contribution in [-0.2, 0) is 9.59 Å². The number of hydrogen-bond donors (Lipinski definition) is 1. The Kier molecular flexibility index (Phi) is 7.89. The van der Waals surface area contributed by atoms with Crippen LogP contribution in [0.4, 0.5) is 5.13 Å². The summed E-state index contributed by atoms with van der Waals surface area (Å²) in [7, 11) is 0. The second kappa shape index (κ2) is 11.5. The number of nitrogens with zero attached hydrogens (tertiary/aromatic N) is 2. The molecule has 1 amide bonds. The molecule has 4 aromatic rings. The molecule has 1 aliphatic heterocycles. The molecule has 5 rings (SSSR count). The first-order valence-corrected chi connectivity index (χ1v) is 14.3. The van der Waals surface area contributed by atoms with Gasteiger partial charge in [-0.15, -0.1) is 0 Å². The van der Waals surface area contributed by atoms with E-state index in [2.05, 4.69) is 13.8 Å². The molecule has 3 aromatic carbocycles. The van der Waals surface area contributed by atoms with E-state index < -0.39 is 17.7 Å². The Hall–Kier alpha value is -4.17. The molecule has 0 spiro atoms. The molecular weight excluding hydrogens is 524 g/mol. The maximum atomic E-state index is 13.6. The van der Waals surface area contributed by atoms with Crippen molar-refractivity contribution >= 4 is 44.1 Å². The average molecular weight is 557 g/mol. The molecule has 1 aromatic heterocycles. The van der Waals surface area contributed by atoms with E-state index in [0.717, 1.165) is 16.7 Å². The van der Waals surface area contributed by atoms with E-state index >= 15 is 0 Å². The zero-order valence-corrected chi connectivity index (χ0v) is 23.8. The fraction of sp³-hybridized carbons (Fsp3) is 0.281. The third-order valence-corrected chi connectivity index (χ3v) is 7.85. The first kappa shape index (κ1) is 27.4. The highest BCUT2D eigenvalue weighted by Gasteiger charge is 2.48. The van der Waals surface area contributed by atoms with E-state index in [4.69, 9.17) is 14.5 Å². The van der Waals surface area contributed by atoms with Crippen molar-refractivity contribution in [2.24, 2.45) is 0 Å². The molecule has 1 saturated heterocycles. The molecule has 1 atom stereocenters. The third-order valence-electron chi connectivity index (χ3n) is 6.83. The van der Waals surface area contributed by atoms with Crippen LogP contribution in [0.5, 0.6) is 11.5 Å². The van der Waals surface area contributed by atoms with Gasteiger partial charge in [-0.1, -0.05) is 56.4 Å². The lowest BCUT2D eigenvalue weighted by Gasteiger charge is -2.23. The van der Waals surface area contributed by atoms with Gasteiger partial charge >= 0.3 is 5.91 Å². The zero-order valence-electron chi connectivity index (χ0n) is 23.0. The molecule has 8 heteroatoms. The molecule has 1 aliphatic rings. The van der Waals surface area contributed by atoms with Crippen molar-refractivity contribution in [1.29, 1.82) is 0 Å². The van der Waals surface area contributed by atoms with Crippen LogP contribution >= 0.6 is 11.3 Å². The van der Waals surface area contributed by atoms with Crippen molar-refractivity contribution in [3.63, 3.8) is 0 Å². The number of aromatic nitrogens is 1. The molecule has 0 saturated carbocycles. The topological polar surface area (TPSA) is 89.0 Å². The predicted octanol–water partition coefficient (Wildman–Crippen LogP) is 7.23. The van der Waals surface area contributed by atoms with Gasteiger partial charge in [-0.05, 0) is 72.9 Å². The van der Waals surface area contributed by atoms with Crippen molar-refractivity contribution in [3.8, 4) is 11.5 Å². The normalized spacial score (nSPS) is 16.7. The number of hydrogen-bond acceptors (Lipinski definition) is 7. The van der Waals surface area contributed by atoms with E-state index in [0.29, 0.717) is 52.4 Å². The number of Topliss-reactive ketones (excluding diaryl/α,β-unsaturated/α-hetero) is 1. The van der Waals surface area contributed by atoms with Crippen molar-refractivity contribution < 1.29 is 24.2 Å². The van der Waals surface area contributed by atoms with Gasteiger partial charge in [0.05, 0.1) is 35.0 Å². The standard InChI is InChI=1S/C32H32N2O5S/c1-5-17-39-23-13-11-22(12-14-23)29(35)27-28(21-9-7-20(8-10-21)19(3)4)34(31(37)30(27)36)32-33-25-16-15-24(38-6-2)18-26(25)40-32/h7-16,18-19,28,35H,5-6,17H2,1-4H3/b29-27+. The minimum absolute atomic E-state index is 0.0267. The number of aliphatic hydroxyl groups is 1. The highest BCUT2D eigenvalue weighted by molar-refractivity contribution is 7.22. The van der Waals surface area contributed by atoms with Gasteiger partial charge in [0.25, 0.3) is 5.78 Å². The fourth-order valence-corrected chi connectivity index (χ4v) is 5.77. The number of carbonyl (C=O) groups excluding carboxylic acids is 2. The van der Waals surface area contributed by atoms with Gasteiger partial charge in [0.1, 0.15) is 17.3 Å². The number of thiazole rings is 1. The molecule has 2 heterocycles. The molecule has 1 N–H and O–H groups in total. The van der Waals surface area contributed by atoms with E-state index in [1.807, 2.05) is 56.3 Å². The number of ether oxygens (including phenoxy) is 2. The van der Waals surface area contributed by atoms with Crippen LogP contribution in [0.2, 0.25) is 0 Å². The quantitative estimate of drug-likeness (QED) is 0.133. The van der Waals surface area contributed by atoms with Gasteiger partial charge in [0, 0.05) is 5.56 Å². The van der Waals surface area contributed by atoms with Crippen LogP contribution in [-0.4, -0.2) is 35.0 Å². The summed E-state index contributed by atoms with van der Waals surface area (Å²) in [6.07, 6.45) is 0.874. The monoisotopic (exact) mass is 556 g/mol. The molecule has 0 bridgehead atoms. The highest BCUT2D eigenvalue weighted by atomic mass is 32.1. The second-order valence-corrected chi connectivity index (χ2v) is 10.9. The van der Waals surface area contributed by atoms with E-state index in [1.54, 1.807) is 24.3 Å². The molecule has 0 radical (unpaired) electrons. The number of anilines is 1. The van der Waals surface area contributed by atoms with Crippen LogP contribution in [0.15, 0.2) is 72.3 Å². The van der Waals surface area contributed by atoms with Crippen LogP contribution in [0.25, 0.3) is 16.0 Å². The summed E-state index contributed by atoms with van der Waals surface area (Å²) < 4.78 is 12.1. The van der Waals surface area contributed by atoms with Crippen LogP contribution in [0, 0.1) is 0 Å². The first-order valence-electron chi connectivity index (χ1n) is 13.5. The minimum Gasteiger partial charge on any atom is -0.507 e. The average Bonchev–Trinajstić information content (AvgIpc) is 3.49. The van der Waals surface area contributed by atoms with Crippen LogP contribution in [0.3, 0.4) is 0 Å². The lowest BCUT2D eigenvalue weighted by atomic mass is 9.93. The Morgan fingerprint density at radius 3 is 2.33 bits per heavy atom. The fourth-order valence-electron chi connectivity index (χ4n) is 4.75. The van der Waals surface area contributed by atoms with E-state index in [9.17, 15) is 14.7 Å². The lowest BCUT2D eigenvalue weighted by molar-refractivity contribution is -0.132. The van der Waals surface area contributed by atoms with Crippen molar-refractivity contribution in [2.45, 2.75) is 46.1 Å². The van der Waals surface area contributed by atoms with Gasteiger partial charge in [0.15, 0.2) is 5.13 Å². The third kappa shape index (κ3) is 5.19. The maximum absolute atomic E-state index is 13.6. The molecular formula is C32H32N2O5S. The number of aliphatic hydroxyl groups excluding tert-OH is 1. The zero-order chi connectivity index (χ0) is 28.4. The Labute approximate surface area is 237 Å². The summed E-state index contributed by atoms with van der Waals surface area (Å²) in [5.41, 5.74) is 2.99. The summed E-state index contributed by atoms with van der Waals surface area (Å²) in [5.74, 6) is -0.0271. The first-order chi connectivity index (χ1) is 19.3. The predicted molar refractivity (Wildman–Crippen MR) is 158 cm³/mol. The number of amides is 1. The number of carbonyl (C=O) groups is 2. The summed E-state index contributed by atoms with van der Waals surface area (Å²) in [6.45, 7) is 9.26. The Bertz CT molecular complexity index is 1570. The van der Waals surface area contributed by atoms with Crippen molar-refractivity contribution in [1.82, 2.24) is 4.98 Å². The number of ketones is 1. The van der Waals surface area contributed by atoms with Crippen LogP contribution < -0.4 is 14.4 Å². The lowest BCUT2D eigenvalue weighted by Crippen LogP contribution is -2.29. The van der Waals surface area contributed by atoms with Gasteiger partial charge in [0.2, 0.25) is 0 Å². The van der Waals surface area contributed by atoms with E-state index in [-0.39, 0.29) is 11.3 Å².